The second-order valence-corrected chi connectivity index (χ2v) is 9.47. The molecule has 7 heteroatoms. The molecule has 1 aromatic heterocycles. The second-order valence-electron chi connectivity index (χ2n) is 9.47. The van der Waals surface area contributed by atoms with Crippen LogP contribution >= 0.6 is 0 Å². The van der Waals surface area contributed by atoms with E-state index in [1.807, 2.05) is 6.08 Å². The number of aromatic nitrogens is 2. The van der Waals surface area contributed by atoms with Gasteiger partial charge in [0.2, 0.25) is 0 Å². The van der Waals surface area contributed by atoms with Gasteiger partial charge in [-0.05, 0) is 49.3 Å². The minimum absolute atomic E-state index is 0.213. The van der Waals surface area contributed by atoms with Crippen LogP contribution in [0.25, 0.3) is 6.08 Å². The molecule has 3 N–H and O–H groups in total. The smallest absolute Gasteiger partial charge is 0.135 e. The van der Waals surface area contributed by atoms with Crippen LogP contribution in [0.4, 0.5) is 5.82 Å². The number of hydrogen-bond donors (Lipinski definition) is 2. The Kier molecular flexibility index (Phi) is 6.08. The van der Waals surface area contributed by atoms with Gasteiger partial charge in [0.25, 0.3) is 0 Å². The van der Waals surface area contributed by atoms with Crippen LogP contribution in [0.3, 0.4) is 0 Å². The highest BCUT2D eigenvalue weighted by Gasteiger charge is 2.41. The normalized spacial score (nSPS) is 24.9. The summed E-state index contributed by atoms with van der Waals surface area (Å²) >= 11 is 0. The zero-order valence-corrected chi connectivity index (χ0v) is 19.5. The van der Waals surface area contributed by atoms with E-state index in [2.05, 4.69) is 52.9 Å². The lowest BCUT2D eigenvalue weighted by Crippen LogP contribution is -2.51. The summed E-state index contributed by atoms with van der Waals surface area (Å²) in [6.07, 6.45) is 8.56. The van der Waals surface area contributed by atoms with Crippen LogP contribution in [0.5, 0.6) is 0 Å². The number of piperazine rings is 1. The predicted octanol–water partition coefficient (Wildman–Crippen LogP) is 2.64. The third kappa shape index (κ3) is 4.23. The van der Waals surface area contributed by atoms with Crippen molar-refractivity contribution in [2.75, 3.05) is 44.4 Å². The van der Waals surface area contributed by atoms with E-state index in [0.29, 0.717) is 19.3 Å². The van der Waals surface area contributed by atoms with E-state index >= 15 is 0 Å². The van der Waals surface area contributed by atoms with E-state index in [-0.39, 0.29) is 5.54 Å². The maximum Gasteiger partial charge on any atom is 0.135 e. The summed E-state index contributed by atoms with van der Waals surface area (Å²) in [5.41, 5.74) is 11.1. The summed E-state index contributed by atoms with van der Waals surface area (Å²) in [6.45, 7) is 11.1. The van der Waals surface area contributed by atoms with Crippen LogP contribution in [0.15, 0.2) is 49.1 Å². The van der Waals surface area contributed by atoms with Gasteiger partial charge in [-0.3, -0.25) is 4.90 Å². The van der Waals surface area contributed by atoms with E-state index in [1.165, 1.54) is 22.4 Å². The number of ether oxygens (including phenoxy) is 1. The van der Waals surface area contributed by atoms with Crippen molar-refractivity contribution in [2.45, 2.75) is 31.7 Å². The first-order valence-corrected chi connectivity index (χ1v) is 11.9. The van der Waals surface area contributed by atoms with Crippen LogP contribution in [-0.2, 0) is 23.1 Å². The van der Waals surface area contributed by atoms with Crippen LogP contribution in [0, 0.1) is 5.92 Å². The lowest BCUT2D eigenvalue weighted by molar-refractivity contribution is 0.0405. The van der Waals surface area contributed by atoms with Crippen LogP contribution < -0.4 is 16.0 Å². The molecule has 0 amide bonds. The van der Waals surface area contributed by atoms with Gasteiger partial charge in [-0.15, -0.1) is 6.58 Å². The summed E-state index contributed by atoms with van der Waals surface area (Å²) in [5.74, 6) is 2.26. The molecule has 174 valence electrons. The zero-order valence-electron chi connectivity index (χ0n) is 19.5. The standard InChI is InChI=1S/C26H34N6O/c1-3-14-33-18-31-10-12-32(13-11-31)25-21-9-8-20(16-23(21)28-17-29-25)26(2)22-7-5-4-6-19(22)15-24(27)30-26/h3-7,15,17,20,30H,1,8-14,16,18,27H2,2H3/t20-,26?/m0/s1. The molecule has 2 aromatic rings. The van der Waals surface area contributed by atoms with Crippen molar-refractivity contribution in [1.82, 2.24) is 20.2 Å². The summed E-state index contributed by atoms with van der Waals surface area (Å²) in [4.78, 5) is 14.2. The Bertz CT molecular complexity index is 1040. The van der Waals surface area contributed by atoms with E-state index in [1.54, 1.807) is 12.4 Å². The number of nitrogens with two attached hydrogens (primary N) is 1. The van der Waals surface area contributed by atoms with Crippen LogP contribution in [-0.4, -0.2) is 54.4 Å². The highest BCUT2D eigenvalue weighted by atomic mass is 16.5. The highest BCUT2D eigenvalue weighted by molar-refractivity contribution is 5.61. The van der Waals surface area contributed by atoms with Gasteiger partial charge in [0.05, 0.1) is 24.7 Å². The number of anilines is 1. The molecular weight excluding hydrogens is 412 g/mol. The molecule has 33 heavy (non-hydrogen) atoms. The molecule has 0 spiro atoms. The number of nitrogens with one attached hydrogen (secondary N) is 1. The fourth-order valence-electron chi connectivity index (χ4n) is 5.63. The highest BCUT2D eigenvalue weighted by Crippen LogP contribution is 2.43. The summed E-state index contributed by atoms with van der Waals surface area (Å²) in [5, 5.41) is 3.61. The topological polar surface area (TPSA) is 79.5 Å². The Labute approximate surface area is 196 Å². The van der Waals surface area contributed by atoms with E-state index in [0.717, 1.165) is 57.1 Å². The fourth-order valence-corrected chi connectivity index (χ4v) is 5.63. The van der Waals surface area contributed by atoms with Gasteiger partial charge >= 0.3 is 0 Å². The first kappa shape index (κ1) is 21.9. The Hall–Kier alpha value is -2.90. The lowest BCUT2D eigenvalue weighted by atomic mass is 9.69. The van der Waals surface area contributed by atoms with Crippen molar-refractivity contribution >= 4 is 11.9 Å². The molecular formula is C26H34N6O. The maximum absolute atomic E-state index is 6.30. The zero-order chi connectivity index (χ0) is 22.8. The van der Waals surface area contributed by atoms with E-state index < -0.39 is 0 Å². The number of hydrogen-bond acceptors (Lipinski definition) is 7. The molecule has 5 rings (SSSR count). The van der Waals surface area contributed by atoms with Gasteiger partial charge in [-0.1, -0.05) is 30.3 Å². The molecule has 3 aliphatic rings. The number of fused-ring (bicyclic) bond motifs is 2. The van der Waals surface area contributed by atoms with Crippen molar-refractivity contribution in [3.05, 3.63) is 71.5 Å². The molecule has 7 nitrogen and oxygen atoms in total. The van der Waals surface area contributed by atoms with Crippen molar-refractivity contribution in [2.24, 2.45) is 11.7 Å². The molecule has 0 saturated carbocycles. The molecule has 2 aliphatic heterocycles. The molecule has 0 radical (unpaired) electrons. The third-order valence-corrected chi connectivity index (χ3v) is 7.43. The maximum atomic E-state index is 6.30. The van der Waals surface area contributed by atoms with Gasteiger partial charge in [0.1, 0.15) is 12.1 Å². The molecule has 1 aromatic carbocycles. The van der Waals surface area contributed by atoms with Gasteiger partial charge in [0.15, 0.2) is 0 Å². The van der Waals surface area contributed by atoms with Gasteiger partial charge in [0, 0.05) is 37.4 Å². The quantitative estimate of drug-likeness (QED) is 0.522. The minimum Gasteiger partial charge on any atom is -0.386 e. The lowest BCUT2D eigenvalue weighted by Gasteiger charge is -2.45. The van der Waals surface area contributed by atoms with Gasteiger partial charge in [-0.2, -0.15) is 0 Å². The first-order valence-electron chi connectivity index (χ1n) is 11.9. The Balaban J connectivity index is 1.32. The number of benzene rings is 1. The third-order valence-electron chi connectivity index (χ3n) is 7.43. The summed E-state index contributed by atoms with van der Waals surface area (Å²) < 4.78 is 5.61. The average molecular weight is 447 g/mol. The van der Waals surface area contributed by atoms with E-state index in [9.17, 15) is 0 Å². The minimum atomic E-state index is -0.213. The SMILES string of the molecule is C=CCOCN1CCN(c2ncnc3c2CC[C@H](C2(C)NC(N)=Cc4ccccc42)C3)CC1. The summed E-state index contributed by atoms with van der Waals surface area (Å²) in [7, 11) is 0. The van der Waals surface area contributed by atoms with Crippen LogP contribution in [0.2, 0.25) is 0 Å². The molecule has 1 saturated heterocycles. The Morgan fingerprint density at radius 2 is 2.06 bits per heavy atom. The van der Waals surface area contributed by atoms with E-state index in [4.69, 9.17) is 20.4 Å². The monoisotopic (exact) mass is 446 g/mol. The van der Waals surface area contributed by atoms with Crippen molar-refractivity contribution < 1.29 is 4.74 Å². The molecule has 3 heterocycles. The molecule has 2 atom stereocenters. The van der Waals surface area contributed by atoms with Crippen molar-refractivity contribution in [3.8, 4) is 0 Å². The fraction of sp³-hybridized carbons (Fsp3) is 0.462. The average Bonchev–Trinajstić information content (AvgIpc) is 2.84. The first-order chi connectivity index (χ1) is 16.1. The Morgan fingerprint density at radius 3 is 2.88 bits per heavy atom. The molecule has 1 aliphatic carbocycles. The molecule has 0 bridgehead atoms. The number of rotatable bonds is 6. The summed E-state index contributed by atoms with van der Waals surface area (Å²) in [6, 6.07) is 8.58. The van der Waals surface area contributed by atoms with Crippen molar-refractivity contribution in [3.63, 3.8) is 0 Å². The number of nitrogens with zero attached hydrogens (tertiary/aromatic N) is 4. The Morgan fingerprint density at radius 1 is 1.24 bits per heavy atom. The van der Waals surface area contributed by atoms with Crippen LogP contribution in [0.1, 0.15) is 35.7 Å². The molecule has 1 unspecified atom stereocenters. The van der Waals surface area contributed by atoms with Gasteiger partial charge < -0.3 is 20.7 Å². The molecule has 1 fully saturated rings. The van der Waals surface area contributed by atoms with Crippen molar-refractivity contribution in [1.29, 1.82) is 0 Å². The second kappa shape index (κ2) is 9.15. The predicted molar refractivity (Wildman–Crippen MR) is 131 cm³/mol. The van der Waals surface area contributed by atoms with Gasteiger partial charge in [-0.25, -0.2) is 9.97 Å². The largest absolute Gasteiger partial charge is 0.386 e.